The first-order valence-electron chi connectivity index (χ1n) is 5.50. The number of para-hydroxylation sites is 1. The Morgan fingerprint density at radius 1 is 1.13 bits per heavy atom. The third kappa shape index (κ3) is 1.87. The first kappa shape index (κ1) is 10.1. The maximum absolute atomic E-state index is 5.67. The molecule has 1 aliphatic heterocycles. The van der Waals surface area contributed by atoms with Gasteiger partial charge in [-0.25, -0.2) is 0 Å². The van der Waals surface area contributed by atoms with Crippen LogP contribution in [0.25, 0.3) is 0 Å². The summed E-state index contributed by atoms with van der Waals surface area (Å²) in [6, 6.07) is 6.06. The van der Waals surface area contributed by atoms with Gasteiger partial charge in [-0.05, 0) is 26.0 Å². The van der Waals surface area contributed by atoms with Crippen LogP contribution in [0.1, 0.15) is 13.8 Å². The smallest absolute Gasteiger partial charge is 0.184 e. The van der Waals surface area contributed by atoms with E-state index in [0.29, 0.717) is 13.2 Å². The fourth-order valence-corrected chi connectivity index (χ4v) is 1.87. The number of ether oxygens (including phenoxy) is 2. The van der Waals surface area contributed by atoms with Crippen molar-refractivity contribution in [2.24, 2.45) is 0 Å². The van der Waals surface area contributed by atoms with Gasteiger partial charge in [-0.3, -0.25) is 0 Å². The normalized spacial score (nSPS) is 13.7. The van der Waals surface area contributed by atoms with E-state index < -0.39 is 0 Å². The van der Waals surface area contributed by atoms with Crippen molar-refractivity contribution in [3.05, 3.63) is 18.2 Å². The molecule has 0 N–H and O–H groups in total. The molecule has 82 valence electrons. The highest BCUT2D eigenvalue weighted by molar-refractivity contribution is 5.65. The molecule has 3 nitrogen and oxygen atoms in total. The predicted octanol–water partition coefficient (Wildman–Crippen LogP) is 2.30. The Labute approximate surface area is 90.6 Å². The summed E-state index contributed by atoms with van der Waals surface area (Å²) in [6.07, 6.45) is 0. The molecule has 3 heteroatoms. The average molecular weight is 207 g/mol. The van der Waals surface area contributed by atoms with E-state index in [2.05, 4.69) is 24.8 Å². The molecule has 0 aliphatic carbocycles. The second-order valence-corrected chi connectivity index (χ2v) is 3.47. The molecule has 0 saturated heterocycles. The average Bonchev–Trinajstić information content (AvgIpc) is 2.31. The van der Waals surface area contributed by atoms with Crippen molar-refractivity contribution in [2.75, 3.05) is 31.2 Å². The summed E-state index contributed by atoms with van der Waals surface area (Å²) in [5.74, 6) is 1.76. The minimum Gasteiger partial charge on any atom is -0.486 e. The maximum atomic E-state index is 5.67. The van der Waals surface area contributed by atoms with Crippen LogP contribution in [0.3, 0.4) is 0 Å². The molecule has 0 saturated carbocycles. The lowest BCUT2D eigenvalue weighted by molar-refractivity contribution is 0.172. The van der Waals surface area contributed by atoms with E-state index in [9.17, 15) is 0 Å². The van der Waals surface area contributed by atoms with E-state index in [-0.39, 0.29) is 0 Å². The molecule has 2 rings (SSSR count). The molecule has 0 aromatic heterocycles. The summed E-state index contributed by atoms with van der Waals surface area (Å²) >= 11 is 0. The van der Waals surface area contributed by atoms with Crippen LogP contribution in [0.5, 0.6) is 11.5 Å². The SMILES string of the molecule is CCN(CC)c1cccc2c1OCCO2. The lowest BCUT2D eigenvalue weighted by Crippen LogP contribution is -2.24. The second-order valence-electron chi connectivity index (χ2n) is 3.47. The zero-order chi connectivity index (χ0) is 10.7. The highest BCUT2D eigenvalue weighted by atomic mass is 16.6. The van der Waals surface area contributed by atoms with Crippen LogP contribution in [0, 0.1) is 0 Å². The molecule has 1 aromatic carbocycles. The number of hydrogen-bond acceptors (Lipinski definition) is 3. The molecular weight excluding hydrogens is 190 g/mol. The number of anilines is 1. The van der Waals surface area contributed by atoms with E-state index >= 15 is 0 Å². The molecule has 1 aliphatic rings. The van der Waals surface area contributed by atoms with Gasteiger partial charge in [0.05, 0.1) is 5.69 Å². The highest BCUT2D eigenvalue weighted by Gasteiger charge is 2.17. The van der Waals surface area contributed by atoms with Crippen LogP contribution in [-0.2, 0) is 0 Å². The molecule has 1 heterocycles. The Bertz CT molecular complexity index is 334. The van der Waals surface area contributed by atoms with Crippen LogP contribution < -0.4 is 14.4 Å². The molecule has 0 spiro atoms. The van der Waals surface area contributed by atoms with Crippen molar-refractivity contribution in [2.45, 2.75) is 13.8 Å². The van der Waals surface area contributed by atoms with Crippen molar-refractivity contribution in [1.29, 1.82) is 0 Å². The van der Waals surface area contributed by atoms with Gasteiger partial charge in [0.15, 0.2) is 11.5 Å². The summed E-state index contributed by atoms with van der Waals surface area (Å²) in [4.78, 5) is 2.27. The van der Waals surface area contributed by atoms with Crippen molar-refractivity contribution in [3.8, 4) is 11.5 Å². The molecule has 1 aromatic rings. The van der Waals surface area contributed by atoms with E-state index in [1.54, 1.807) is 0 Å². The van der Waals surface area contributed by atoms with Crippen LogP contribution in [0.4, 0.5) is 5.69 Å². The van der Waals surface area contributed by atoms with Crippen molar-refractivity contribution < 1.29 is 9.47 Å². The fraction of sp³-hybridized carbons (Fsp3) is 0.500. The molecule has 0 radical (unpaired) electrons. The van der Waals surface area contributed by atoms with Crippen LogP contribution in [0.15, 0.2) is 18.2 Å². The van der Waals surface area contributed by atoms with E-state index in [1.807, 2.05) is 12.1 Å². The third-order valence-corrected chi connectivity index (χ3v) is 2.65. The number of benzene rings is 1. The molecule has 15 heavy (non-hydrogen) atoms. The monoisotopic (exact) mass is 207 g/mol. The van der Waals surface area contributed by atoms with Gasteiger partial charge < -0.3 is 14.4 Å². The zero-order valence-electron chi connectivity index (χ0n) is 9.32. The lowest BCUT2D eigenvalue weighted by atomic mass is 10.2. The Morgan fingerprint density at radius 2 is 1.87 bits per heavy atom. The summed E-state index contributed by atoms with van der Waals surface area (Å²) in [5, 5.41) is 0. The predicted molar refractivity (Wildman–Crippen MR) is 61.0 cm³/mol. The quantitative estimate of drug-likeness (QED) is 0.759. The highest BCUT2D eigenvalue weighted by Crippen LogP contribution is 2.39. The van der Waals surface area contributed by atoms with Gasteiger partial charge in [0, 0.05) is 13.1 Å². The minimum absolute atomic E-state index is 0.644. The lowest BCUT2D eigenvalue weighted by Gasteiger charge is -2.27. The first-order chi connectivity index (χ1) is 7.36. The molecule has 0 bridgehead atoms. The van der Waals surface area contributed by atoms with Crippen LogP contribution in [0.2, 0.25) is 0 Å². The Morgan fingerprint density at radius 3 is 2.60 bits per heavy atom. The van der Waals surface area contributed by atoms with Gasteiger partial charge in [-0.2, -0.15) is 0 Å². The largest absolute Gasteiger partial charge is 0.486 e. The van der Waals surface area contributed by atoms with Gasteiger partial charge in [-0.15, -0.1) is 0 Å². The number of fused-ring (bicyclic) bond motifs is 1. The fourth-order valence-electron chi connectivity index (χ4n) is 1.87. The zero-order valence-corrected chi connectivity index (χ0v) is 9.32. The standard InChI is InChI=1S/C12H17NO2/c1-3-13(4-2)10-6-5-7-11-12(10)15-9-8-14-11/h5-7H,3-4,8-9H2,1-2H3. The van der Waals surface area contributed by atoms with Crippen molar-refractivity contribution >= 4 is 5.69 Å². The molecule has 0 atom stereocenters. The van der Waals surface area contributed by atoms with Gasteiger partial charge >= 0.3 is 0 Å². The van der Waals surface area contributed by atoms with Gasteiger partial charge in [0.2, 0.25) is 0 Å². The van der Waals surface area contributed by atoms with E-state index in [4.69, 9.17) is 9.47 Å². The molecule has 0 amide bonds. The third-order valence-electron chi connectivity index (χ3n) is 2.65. The van der Waals surface area contributed by atoms with Crippen LogP contribution >= 0.6 is 0 Å². The summed E-state index contributed by atoms with van der Waals surface area (Å²) in [5.41, 5.74) is 1.14. The summed E-state index contributed by atoms with van der Waals surface area (Å²) in [7, 11) is 0. The van der Waals surface area contributed by atoms with Gasteiger partial charge in [-0.1, -0.05) is 6.07 Å². The van der Waals surface area contributed by atoms with Crippen molar-refractivity contribution in [1.82, 2.24) is 0 Å². The van der Waals surface area contributed by atoms with Crippen molar-refractivity contribution in [3.63, 3.8) is 0 Å². The Hall–Kier alpha value is -1.38. The Balaban J connectivity index is 2.38. The second kappa shape index (κ2) is 4.43. The molecular formula is C12H17NO2. The van der Waals surface area contributed by atoms with E-state index in [0.717, 1.165) is 30.3 Å². The number of hydrogen-bond donors (Lipinski definition) is 0. The topological polar surface area (TPSA) is 21.7 Å². The number of rotatable bonds is 3. The van der Waals surface area contributed by atoms with E-state index in [1.165, 1.54) is 0 Å². The minimum atomic E-state index is 0.644. The number of nitrogens with zero attached hydrogens (tertiary/aromatic N) is 1. The maximum Gasteiger partial charge on any atom is 0.184 e. The van der Waals surface area contributed by atoms with Gasteiger partial charge in [0.1, 0.15) is 13.2 Å². The molecule has 0 fully saturated rings. The summed E-state index contributed by atoms with van der Waals surface area (Å²) in [6.45, 7) is 7.55. The Kier molecular flexibility index (Phi) is 2.99. The van der Waals surface area contributed by atoms with Gasteiger partial charge in [0.25, 0.3) is 0 Å². The first-order valence-corrected chi connectivity index (χ1v) is 5.50. The molecule has 0 unspecified atom stereocenters. The van der Waals surface area contributed by atoms with Crippen LogP contribution in [-0.4, -0.2) is 26.3 Å². The summed E-state index contributed by atoms with van der Waals surface area (Å²) < 4.78 is 11.2.